The Morgan fingerprint density at radius 1 is 1.53 bits per heavy atom. The average Bonchev–Trinajstić information content (AvgIpc) is 2.90. The average molecular weight is 260 g/mol. The topological polar surface area (TPSA) is 101 Å². The van der Waals surface area contributed by atoms with Gasteiger partial charge in [0.2, 0.25) is 0 Å². The summed E-state index contributed by atoms with van der Waals surface area (Å²) < 4.78 is 0. The van der Waals surface area contributed by atoms with Gasteiger partial charge in [0.05, 0.1) is 16.8 Å². The number of aromatic amines is 1. The Bertz CT molecular complexity index is 607. The molecule has 0 bridgehead atoms. The Morgan fingerprint density at radius 2 is 2.32 bits per heavy atom. The zero-order valence-corrected chi connectivity index (χ0v) is 10.2. The predicted octanol–water partition coefficient (Wildman–Crippen LogP) is 2.13. The van der Waals surface area contributed by atoms with E-state index in [1.807, 2.05) is 6.92 Å². The molecule has 19 heavy (non-hydrogen) atoms. The molecule has 0 saturated carbocycles. The third-order valence-electron chi connectivity index (χ3n) is 2.68. The van der Waals surface area contributed by atoms with E-state index >= 15 is 0 Å². The monoisotopic (exact) mass is 260 g/mol. The van der Waals surface area contributed by atoms with Crippen molar-refractivity contribution < 1.29 is 9.72 Å². The highest BCUT2D eigenvalue weighted by Gasteiger charge is 2.16. The van der Waals surface area contributed by atoms with Gasteiger partial charge in [-0.2, -0.15) is 5.10 Å². The molecular formula is C12H12N4O3. The molecule has 1 amide bonds. The van der Waals surface area contributed by atoms with Crippen molar-refractivity contribution in [3.8, 4) is 0 Å². The number of rotatable bonds is 4. The fraction of sp³-hybridized carbons (Fsp3) is 0.167. The van der Waals surface area contributed by atoms with Crippen molar-refractivity contribution in [3.05, 3.63) is 51.8 Å². The summed E-state index contributed by atoms with van der Waals surface area (Å²) in [7, 11) is 0. The lowest BCUT2D eigenvalue weighted by Gasteiger charge is -2.04. The van der Waals surface area contributed by atoms with E-state index in [1.54, 1.807) is 12.1 Å². The SMILES string of the molecule is CCc1ccc(C(=O)Nc2cn[nH]c2)cc1[N+](=O)[O-]. The summed E-state index contributed by atoms with van der Waals surface area (Å²) in [5.41, 5.74) is 1.31. The molecule has 1 heterocycles. The van der Waals surface area contributed by atoms with Gasteiger partial charge in [-0.1, -0.05) is 13.0 Å². The van der Waals surface area contributed by atoms with E-state index < -0.39 is 10.8 Å². The highest BCUT2D eigenvalue weighted by atomic mass is 16.6. The molecular weight excluding hydrogens is 248 g/mol. The lowest BCUT2D eigenvalue weighted by atomic mass is 10.1. The number of nitrogens with one attached hydrogen (secondary N) is 2. The number of nitro groups is 1. The van der Waals surface area contributed by atoms with Crippen LogP contribution >= 0.6 is 0 Å². The van der Waals surface area contributed by atoms with E-state index in [0.29, 0.717) is 17.7 Å². The van der Waals surface area contributed by atoms with Gasteiger partial charge in [-0.05, 0) is 12.5 Å². The van der Waals surface area contributed by atoms with E-state index in [0.717, 1.165) is 0 Å². The first kappa shape index (κ1) is 12.7. The number of nitro benzene ring substituents is 1. The number of hydrogen-bond acceptors (Lipinski definition) is 4. The van der Waals surface area contributed by atoms with Gasteiger partial charge in [-0.3, -0.25) is 20.0 Å². The minimum atomic E-state index is -0.479. The Labute approximate surface area is 108 Å². The second-order valence-corrected chi connectivity index (χ2v) is 3.90. The first-order valence-electron chi connectivity index (χ1n) is 5.69. The van der Waals surface area contributed by atoms with Gasteiger partial charge < -0.3 is 5.32 Å². The van der Waals surface area contributed by atoms with Gasteiger partial charge in [0.1, 0.15) is 0 Å². The van der Waals surface area contributed by atoms with Gasteiger partial charge in [0.15, 0.2) is 0 Å². The summed E-state index contributed by atoms with van der Waals surface area (Å²) in [5, 5.41) is 19.8. The second-order valence-electron chi connectivity index (χ2n) is 3.90. The molecule has 1 aromatic heterocycles. The Kier molecular flexibility index (Phi) is 3.56. The molecule has 2 N–H and O–H groups in total. The summed E-state index contributed by atoms with van der Waals surface area (Å²) in [6.07, 6.45) is 3.51. The quantitative estimate of drug-likeness (QED) is 0.649. The van der Waals surface area contributed by atoms with Crippen molar-refractivity contribution in [2.24, 2.45) is 0 Å². The molecule has 0 radical (unpaired) electrons. The summed E-state index contributed by atoms with van der Waals surface area (Å²) >= 11 is 0. The van der Waals surface area contributed by atoms with Crippen LogP contribution in [0.2, 0.25) is 0 Å². The number of aryl methyl sites for hydroxylation is 1. The second kappa shape index (κ2) is 5.30. The molecule has 2 aromatic rings. The molecule has 0 atom stereocenters. The van der Waals surface area contributed by atoms with Crippen LogP contribution in [-0.2, 0) is 6.42 Å². The molecule has 0 spiro atoms. The molecule has 7 nitrogen and oxygen atoms in total. The number of benzene rings is 1. The zero-order valence-electron chi connectivity index (χ0n) is 10.2. The highest BCUT2D eigenvalue weighted by molar-refractivity contribution is 6.04. The number of aromatic nitrogens is 2. The number of H-pyrrole nitrogens is 1. The molecule has 98 valence electrons. The Hall–Kier alpha value is -2.70. The van der Waals surface area contributed by atoms with Crippen LogP contribution in [0.5, 0.6) is 0 Å². The fourth-order valence-electron chi connectivity index (χ4n) is 1.70. The minimum Gasteiger partial charge on any atom is -0.319 e. The lowest BCUT2D eigenvalue weighted by molar-refractivity contribution is -0.385. The fourth-order valence-corrected chi connectivity index (χ4v) is 1.70. The van der Waals surface area contributed by atoms with Gasteiger partial charge in [-0.15, -0.1) is 0 Å². The smallest absolute Gasteiger partial charge is 0.273 e. The number of amides is 1. The van der Waals surface area contributed by atoms with Crippen LogP contribution in [0.3, 0.4) is 0 Å². The van der Waals surface area contributed by atoms with Crippen LogP contribution in [0, 0.1) is 10.1 Å². The standard InChI is InChI=1S/C12H12N4O3/c1-2-8-3-4-9(5-11(8)16(18)19)12(17)15-10-6-13-14-7-10/h3-7H,2H2,1H3,(H,13,14)(H,15,17). The number of hydrogen-bond donors (Lipinski definition) is 2. The van der Waals surface area contributed by atoms with Gasteiger partial charge in [0, 0.05) is 23.4 Å². The summed E-state index contributed by atoms with van der Waals surface area (Å²) in [6, 6.07) is 4.46. The molecule has 1 aromatic carbocycles. The van der Waals surface area contributed by atoms with E-state index in [4.69, 9.17) is 0 Å². The van der Waals surface area contributed by atoms with Crippen molar-refractivity contribution in [2.75, 3.05) is 5.32 Å². The number of anilines is 1. The first-order valence-corrected chi connectivity index (χ1v) is 5.69. The van der Waals surface area contributed by atoms with Gasteiger partial charge >= 0.3 is 0 Å². The third-order valence-corrected chi connectivity index (χ3v) is 2.68. The largest absolute Gasteiger partial charge is 0.319 e. The van der Waals surface area contributed by atoms with Gasteiger partial charge in [-0.25, -0.2) is 0 Å². The molecule has 0 aliphatic rings. The predicted molar refractivity (Wildman–Crippen MR) is 69.0 cm³/mol. The third kappa shape index (κ3) is 2.76. The van der Waals surface area contributed by atoms with Gasteiger partial charge in [0.25, 0.3) is 11.6 Å². The Morgan fingerprint density at radius 3 is 2.89 bits per heavy atom. The number of carbonyl (C=O) groups excluding carboxylic acids is 1. The maximum absolute atomic E-state index is 11.9. The molecule has 7 heteroatoms. The maximum atomic E-state index is 11.9. The van der Waals surface area contributed by atoms with Crippen molar-refractivity contribution in [1.29, 1.82) is 0 Å². The minimum absolute atomic E-state index is 0.0395. The van der Waals surface area contributed by atoms with E-state index in [2.05, 4.69) is 15.5 Å². The maximum Gasteiger partial charge on any atom is 0.273 e. The van der Waals surface area contributed by atoms with Crippen molar-refractivity contribution in [2.45, 2.75) is 13.3 Å². The summed E-state index contributed by atoms with van der Waals surface area (Å²) in [6.45, 7) is 1.83. The summed E-state index contributed by atoms with van der Waals surface area (Å²) in [5.74, 6) is -0.410. The first-order chi connectivity index (χ1) is 9.11. The highest BCUT2D eigenvalue weighted by Crippen LogP contribution is 2.21. The molecule has 2 rings (SSSR count). The molecule has 0 fully saturated rings. The lowest BCUT2D eigenvalue weighted by Crippen LogP contribution is -2.12. The van der Waals surface area contributed by atoms with Crippen molar-refractivity contribution in [1.82, 2.24) is 10.2 Å². The van der Waals surface area contributed by atoms with Crippen molar-refractivity contribution >= 4 is 17.3 Å². The van der Waals surface area contributed by atoms with Crippen molar-refractivity contribution in [3.63, 3.8) is 0 Å². The zero-order chi connectivity index (χ0) is 13.8. The molecule has 0 unspecified atom stereocenters. The molecule has 0 aliphatic heterocycles. The van der Waals surface area contributed by atoms with Crippen LogP contribution in [0.1, 0.15) is 22.8 Å². The van der Waals surface area contributed by atoms with Crippen LogP contribution in [-0.4, -0.2) is 21.0 Å². The van der Waals surface area contributed by atoms with E-state index in [9.17, 15) is 14.9 Å². The number of nitrogens with zero attached hydrogens (tertiary/aromatic N) is 2. The molecule has 0 aliphatic carbocycles. The molecule has 0 saturated heterocycles. The van der Waals surface area contributed by atoms with Crippen LogP contribution in [0.25, 0.3) is 0 Å². The Balaban J connectivity index is 2.27. The summed E-state index contributed by atoms with van der Waals surface area (Å²) in [4.78, 5) is 22.4. The normalized spacial score (nSPS) is 10.2. The van der Waals surface area contributed by atoms with Crippen LogP contribution in [0.15, 0.2) is 30.6 Å². The van der Waals surface area contributed by atoms with E-state index in [-0.39, 0.29) is 11.3 Å². The van der Waals surface area contributed by atoms with Crippen LogP contribution < -0.4 is 5.32 Å². The van der Waals surface area contributed by atoms with Crippen LogP contribution in [0.4, 0.5) is 11.4 Å². The van der Waals surface area contributed by atoms with E-state index in [1.165, 1.54) is 18.5 Å². The number of carbonyl (C=O) groups is 1.